The van der Waals surface area contributed by atoms with E-state index in [1.807, 2.05) is 24.3 Å². The SMILES string of the molecule is CCCN1c2ccc(OC)cc2C(C)(C)C1C=c1c(=O)c(=CC2=[N+](CCC)c3ccc(OC)cc3C2(C)C)c1=O. The van der Waals surface area contributed by atoms with Gasteiger partial charge in [-0.15, -0.1) is 0 Å². The molecule has 2 aliphatic heterocycles. The summed E-state index contributed by atoms with van der Waals surface area (Å²) >= 11 is 0. The monoisotopic (exact) mass is 541 g/mol. The summed E-state index contributed by atoms with van der Waals surface area (Å²) < 4.78 is 13.2. The molecule has 0 aromatic heterocycles. The first-order valence-electron chi connectivity index (χ1n) is 14.3. The molecule has 0 radical (unpaired) electrons. The Morgan fingerprint density at radius 3 is 2.10 bits per heavy atom. The Morgan fingerprint density at radius 2 is 1.50 bits per heavy atom. The lowest BCUT2D eigenvalue weighted by Gasteiger charge is -2.32. The molecule has 40 heavy (non-hydrogen) atoms. The van der Waals surface area contributed by atoms with Crippen LogP contribution in [0, 0.1) is 0 Å². The first-order chi connectivity index (χ1) is 19.0. The maximum Gasteiger partial charge on any atom is 0.210 e. The Labute approximate surface area is 236 Å². The molecule has 0 aliphatic carbocycles. The zero-order chi connectivity index (χ0) is 29.0. The molecule has 0 spiro atoms. The van der Waals surface area contributed by atoms with Gasteiger partial charge in [0.25, 0.3) is 0 Å². The van der Waals surface area contributed by atoms with Crippen molar-refractivity contribution in [3.8, 4) is 11.5 Å². The van der Waals surface area contributed by atoms with Crippen LogP contribution in [0.1, 0.15) is 65.5 Å². The van der Waals surface area contributed by atoms with Gasteiger partial charge in [-0.3, -0.25) is 9.59 Å². The lowest BCUT2D eigenvalue weighted by Crippen LogP contribution is -2.66. The fourth-order valence-electron chi connectivity index (χ4n) is 6.62. The minimum atomic E-state index is -0.377. The van der Waals surface area contributed by atoms with Gasteiger partial charge in [0.1, 0.15) is 18.0 Å². The summed E-state index contributed by atoms with van der Waals surface area (Å²) in [5, 5.41) is 0.565. The Bertz CT molecular complexity index is 1670. The smallest absolute Gasteiger partial charge is 0.210 e. The van der Waals surface area contributed by atoms with Crippen molar-refractivity contribution >= 4 is 29.2 Å². The molecule has 0 bridgehead atoms. The van der Waals surface area contributed by atoms with Crippen molar-refractivity contribution in [3.63, 3.8) is 0 Å². The predicted octanol–water partition coefficient (Wildman–Crippen LogP) is 3.92. The topological polar surface area (TPSA) is 58.9 Å². The Morgan fingerprint density at radius 1 is 0.875 bits per heavy atom. The van der Waals surface area contributed by atoms with Gasteiger partial charge in [0.2, 0.25) is 16.5 Å². The van der Waals surface area contributed by atoms with Gasteiger partial charge in [0.15, 0.2) is 5.71 Å². The van der Waals surface area contributed by atoms with E-state index in [9.17, 15) is 9.59 Å². The van der Waals surface area contributed by atoms with E-state index >= 15 is 0 Å². The zero-order valence-electron chi connectivity index (χ0n) is 25.1. The van der Waals surface area contributed by atoms with E-state index in [0.717, 1.165) is 60.1 Å². The fourth-order valence-corrected chi connectivity index (χ4v) is 6.62. The highest BCUT2D eigenvalue weighted by molar-refractivity contribution is 6.15. The lowest BCUT2D eigenvalue weighted by molar-refractivity contribution is -0.436. The molecule has 0 fully saturated rings. The van der Waals surface area contributed by atoms with Crippen LogP contribution in [0.3, 0.4) is 0 Å². The first kappa shape index (κ1) is 27.9. The summed E-state index contributed by atoms with van der Waals surface area (Å²) in [7, 11) is 3.34. The third-order valence-corrected chi connectivity index (χ3v) is 8.88. The third kappa shape index (κ3) is 4.11. The maximum atomic E-state index is 13.6. The molecule has 1 atom stereocenters. The van der Waals surface area contributed by atoms with Crippen molar-refractivity contribution in [1.82, 2.24) is 0 Å². The van der Waals surface area contributed by atoms with Crippen molar-refractivity contribution in [2.24, 2.45) is 0 Å². The Kier molecular flexibility index (Phi) is 7.01. The van der Waals surface area contributed by atoms with Crippen LogP contribution in [0.2, 0.25) is 0 Å². The highest BCUT2D eigenvalue weighted by Crippen LogP contribution is 2.47. The zero-order valence-corrected chi connectivity index (χ0v) is 25.1. The molecule has 6 heteroatoms. The molecule has 5 rings (SSSR count). The molecule has 0 saturated heterocycles. The van der Waals surface area contributed by atoms with Crippen LogP contribution in [0.25, 0.3) is 12.2 Å². The van der Waals surface area contributed by atoms with Crippen molar-refractivity contribution in [2.75, 3.05) is 32.2 Å². The molecule has 1 unspecified atom stereocenters. The minimum absolute atomic E-state index is 0.108. The van der Waals surface area contributed by atoms with Gasteiger partial charge >= 0.3 is 0 Å². The summed E-state index contributed by atoms with van der Waals surface area (Å²) in [4.78, 5) is 29.5. The van der Waals surface area contributed by atoms with E-state index in [0.29, 0.717) is 5.22 Å². The van der Waals surface area contributed by atoms with Crippen LogP contribution in [-0.4, -0.2) is 43.6 Å². The lowest BCUT2D eigenvalue weighted by atomic mass is 9.79. The average molecular weight is 542 g/mol. The van der Waals surface area contributed by atoms with Gasteiger partial charge in [-0.25, -0.2) is 0 Å². The molecule has 3 aromatic rings. The number of methoxy groups -OCH3 is 2. The molecule has 210 valence electrons. The minimum Gasteiger partial charge on any atom is -0.497 e. The van der Waals surface area contributed by atoms with Crippen LogP contribution in [-0.2, 0) is 10.8 Å². The second kappa shape index (κ2) is 10.1. The second-order valence-electron chi connectivity index (χ2n) is 12.1. The standard InChI is InChI=1S/C34H41N2O4/c1-9-15-35-27-13-11-21(39-7)17-25(27)33(3,4)29(35)19-23-31(37)24(32(23)38)20-30-34(5,6)26-18-22(40-8)12-14-28(26)36(30)16-10-2/h11-14,17-20,29H,9-10,15-16H2,1-8H3/q+1. The highest BCUT2D eigenvalue weighted by atomic mass is 16.5. The summed E-state index contributed by atoms with van der Waals surface area (Å²) in [6, 6.07) is 12.1. The van der Waals surface area contributed by atoms with E-state index in [2.05, 4.69) is 75.3 Å². The molecule has 0 saturated carbocycles. The fraction of sp³-hybridized carbons (Fsp3) is 0.441. The van der Waals surface area contributed by atoms with Crippen molar-refractivity contribution in [2.45, 2.75) is 71.3 Å². The Balaban J connectivity index is 1.62. The third-order valence-electron chi connectivity index (χ3n) is 8.88. The molecule has 0 N–H and O–H groups in total. The number of ether oxygens (including phenoxy) is 2. The van der Waals surface area contributed by atoms with Crippen molar-refractivity contribution < 1.29 is 14.0 Å². The predicted molar refractivity (Wildman–Crippen MR) is 163 cm³/mol. The number of hydrogen-bond donors (Lipinski definition) is 0. The number of nitrogens with zero attached hydrogens (tertiary/aromatic N) is 2. The van der Waals surface area contributed by atoms with Gasteiger partial charge in [0, 0.05) is 41.8 Å². The summed E-state index contributed by atoms with van der Waals surface area (Å²) in [6.07, 6.45) is 5.66. The van der Waals surface area contributed by atoms with Crippen LogP contribution in [0.4, 0.5) is 11.4 Å². The largest absolute Gasteiger partial charge is 0.497 e. The van der Waals surface area contributed by atoms with E-state index in [1.54, 1.807) is 14.2 Å². The Hall–Kier alpha value is -3.67. The molecule has 6 nitrogen and oxygen atoms in total. The number of benzene rings is 2. The summed E-state index contributed by atoms with van der Waals surface area (Å²) in [5.41, 5.74) is 4.51. The summed E-state index contributed by atoms with van der Waals surface area (Å²) in [6.45, 7) is 14.6. The molecular formula is C34H41N2O4+. The van der Waals surface area contributed by atoms with Gasteiger partial charge in [-0.1, -0.05) is 27.7 Å². The van der Waals surface area contributed by atoms with Gasteiger partial charge < -0.3 is 14.4 Å². The van der Waals surface area contributed by atoms with Crippen LogP contribution in [0.5, 0.6) is 11.5 Å². The van der Waals surface area contributed by atoms with Gasteiger partial charge in [0.05, 0.1) is 36.1 Å². The molecule has 2 aliphatic rings. The van der Waals surface area contributed by atoms with Crippen molar-refractivity contribution in [1.29, 1.82) is 0 Å². The van der Waals surface area contributed by atoms with Crippen LogP contribution in [0.15, 0.2) is 46.0 Å². The van der Waals surface area contributed by atoms with E-state index in [-0.39, 0.29) is 32.9 Å². The second-order valence-corrected chi connectivity index (χ2v) is 12.1. The van der Waals surface area contributed by atoms with Crippen LogP contribution < -0.4 is 35.7 Å². The molecule has 3 aromatic carbocycles. The molecule has 0 amide bonds. The number of fused-ring (bicyclic) bond motifs is 2. The number of anilines is 1. The summed E-state index contributed by atoms with van der Waals surface area (Å²) in [5.74, 6) is 1.61. The van der Waals surface area contributed by atoms with Crippen LogP contribution >= 0.6 is 0 Å². The van der Waals surface area contributed by atoms with E-state index in [1.165, 1.54) is 5.56 Å². The van der Waals surface area contributed by atoms with Gasteiger partial charge in [-0.2, -0.15) is 4.58 Å². The quantitative estimate of drug-likeness (QED) is 0.405. The van der Waals surface area contributed by atoms with Crippen molar-refractivity contribution in [3.05, 3.63) is 78.4 Å². The highest BCUT2D eigenvalue weighted by Gasteiger charge is 2.46. The number of hydrogen-bond acceptors (Lipinski definition) is 5. The number of rotatable bonds is 8. The molecular weight excluding hydrogens is 500 g/mol. The maximum absolute atomic E-state index is 13.6. The van der Waals surface area contributed by atoms with E-state index in [4.69, 9.17) is 9.47 Å². The van der Waals surface area contributed by atoms with Gasteiger partial charge in [-0.05, 0) is 62.2 Å². The average Bonchev–Trinajstić information content (AvgIpc) is 3.28. The molecule has 2 heterocycles. The normalized spacial score (nSPS) is 18.6. The first-order valence-corrected chi connectivity index (χ1v) is 14.3. The van der Waals surface area contributed by atoms with E-state index < -0.39 is 0 Å².